The fourth-order valence-electron chi connectivity index (χ4n) is 1.85. The number of rotatable bonds is 2. The average Bonchev–Trinajstić information content (AvgIpc) is 2.94. The first-order valence-corrected chi connectivity index (χ1v) is 5.28. The Labute approximate surface area is 88.7 Å². The number of aromatic nitrogens is 2. The molecule has 1 aromatic heterocycles. The van der Waals surface area contributed by atoms with Gasteiger partial charge in [-0.05, 0) is 37.1 Å². The summed E-state index contributed by atoms with van der Waals surface area (Å²) in [7, 11) is 0. The van der Waals surface area contributed by atoms with E-state index in [4.69, 9.17) is 4.74 Å². The predicted octanol–water partition coefficient (Wildman–Crippen LogP) is 2.05. The number of benzene rings is 1. The van der Waals surface area contributed by atoms with E-state index in [1.807, 2.05) is 6.33 Å². The summed E-state index contributed by atoms with van der Waals surface area (Å²) >= 11 is 0. The van der Waals surface area contributed by atoms with Gasteiger partial charge in [0.15, 0.2) is 0 Å². The number of hydrogen-bond donors (Lipinski definition) is 0. The van der Waals surface area contributed by atoms with Gasteiger partial charge in [-0.2, -0.15) is 0 Å². The number of ether oxygens (including phenoxy) is 1. The van der Waals surface area contributed by atoms with Gasteiger partial charge in [-0.3, -0.25) is 0 Å². The molecule has 0 N–H and O–H groups in total. The van der Waals surface area contributed by atoms with Gasteiger partial charge in [-0.1, -0.05) is 0 Å². The van der Waals surface area contributed by atoms with E-state index in [9.17, 15) is 0 Å². The van der Waals surface area contributed by atoms with Crippen LogP contribution >= 0.6 is 0 Å². The summed E-state index contributed by atoms with van der Waals surface area (Å²) < 4.78 is 7.42. The van der Waals surface area contributed by atoms with Crippen LogP contribution in [0.2, 0.25) is 0 Å². The zero-order valence-corrected chi connectivity index (χ0v) is 9.03. The highest BCUT2D eigenvalue weighted by atomic mass is 16.6. The van der Waals surface area contributed by atoms with Crippen molar-refractivity contribution in [1.82, 2.24) is 9.55 Å². The van der Waals surface area contributed by atoms with Crippen molar-refractivity contribution < 1.29 is 4.74 Å². The molecule has 0 radical (unpaired) electrons. The Balaban J connectivity index is 2.10. The number of hydrogen-bond acceptors (Lipinski definition) is 2. The van der Waals surface area contributed by atoms with E-state index in [1.165, 1.54) is 16.6 Å². The molecule has 0 amide bonds. The second-order valence-electron chi connectivity index (χ2n) is 4.28. The highest BCUT2D eigenvalue weighted by Gasteiger charge is 2.23. The van der Waals surface area contributed by atoms with Crippen LogP contribution in [0.3, 0.4) is 0 Å². The van der Waals surface area contributed by atoms with Crippen molar-refractivity contribution in [2.45, 2.75) is 26.5 Å². The average molecular weight is 202 g/mol. The molecule has 1 aromatic carbocycles. The lowest BCUT2D eigenvalue weighted by Gasteiger charge is -2.03. The van der Waals surface area contributed by atoms with Gasteiger partial charge < -0.3 is 9.30 Å². The van der Waals surface area contributed by atoms with Crippen LogP contribution in [0.25, 0.3) is 11.0 Å². The summed E-state index contributed by atoms with van der Waals surface area (Å²) in [6, 6.07) is 4.36. The first kappa shape index (κ1) is 8.92. The lowest BCUT2D eigenvalue weighted by molar-refractivity contribution is 0.385. The summed E-state index contributed by atoms with van der Waals surface area (Å²) in [6.07, 6.45) is 2.31. The predicted molar refractivity (Wildman–Crippen MR) is 58.9 cm³/mol. The summed E-state index contributed by atoms with van der Waals surface area (Å²) in [5.41, 5.74) is 4.92. The highest BCUT2D eigenvalue weighted by molar-refractivity contribution is 5.77. The van der Waals surface area contributed by atoms with Crippen LogP contribution in [-0.2, 0) is 11.3 Å². The van der Waals surface area contributed by atoms with Crippen molar-refractivity contribution in [2.24, 2.45) is 0 Å². The van der Waals surface area contributed by atoms with Gasteiger partial charge in [0.05, 0.1) is 36.6 Å². The van der Waals surface area contributed by atoms with Gasteiger partial charge in [0.2, 0.25) is 0 Å². The van der Waals surface area contributed by atoms with Gasteiger partial charge in [0.25, 0.3) is 0 Å². The molecule has 0 saturated carbocycles. The smallest absolute Gasteiger partial charge is 0.0988 e. The summed E-state index contributed by atoms with van der Waals surface area (Å²) in [6.45, 7) is 6.08. The zero-order chi connectivity index (χ0) is 10.4. The molecule has 1 aliphatic rings. The van der Waals surface area contributed by atoms with Crippen LogP contribution in [0.15, 0.2) is 18.5 Å². The molecule has 2 aromatic rings. The lowest BCUT2D eigenvalue weighted by Crippen LogP contribution is -2.02. The van der Waals surface area contributed by atoms with E-state index in [1.54, 1.807) is 0 Å². The minimum atomic E-state index is 0.406. The van der Waals surface area contributed by atoms with Crippen molar-refractivity contribution >= 4 is 11.0 Å². The third-order valence-electron chi connectivity index (χ3n) is 3.04. The molecule has 0 aliphatic carbocycles. The first-order valence-electron chi connectivity index (χ1n) is 5.28. The van der Waals surface area contributed by atoms with Crippen LogP contribution < -0.4 is 0 Å². The molecule has 3 heteroatoms. The number of fused-ring (bicyclic) bond motifs is 1. The second-order valence-corrected chi connectivity index (χ2v) is 4.28. The fourth-order valence-corrected chi connectivity index (χ4v) is 1.85. The number of nitrogens with zero attached hydrogens (tertiary/aromatic N) is 2. The van der Waals surface area contributed by atoms with Crippen LogP contribution in [-0.4, -0.2) is 22.3 Å². The molecule has 1 aliphatic heterocycles. The topological polar surface area (TPSA) is 30.4 Å². The molecule has 1 saturated heterocycles. The Hall–Kier alpha value is -1.35. The van der Waals surface area contributed by atoms with E-state index in [0.717, 1.165) is 18.7 Å². The van der Waals surface area contributed by atoms with Gasteiger partial charge in [0, 0.05) is 0 Å². The molecular formula is C12H14N2O. The highest BCUT2D eigenvalue weighted by Crippen LogP contribution is 2.20. The van der Waals surface area contributed by atoms with Crippen molar-refractivity contribution in [1.29, 1.82) is 0 Å². The maximum absolute atomic E-state index is 5.24. The number of epoxide rings is 1. The van der Waals surface area contributed by atoms with Crippen molar-refractivity contribution in [3.05, 3.63) is 29.6 Å². The monoisotopic (exact) mass is 202 g/mol. The molecule has 1 fully saturated rings. The minimum absolute atomic E-state index is 0.406. The number of imidazole rings is 1. The SMILES string of the molecule is Cc1cc2ncn(CC3CO3)c2cc1C. The van der Waals surface area contributed by atoms with Crippen molar-refractivity contribution in [2.75, 3.05) is 6.61 Å². The van der Waals surface area contributed by atoms with Crippen molar-refractivity contribution in [3.63, 3.8) is 0 Å². The maximum atomic E-state index is 5.24. The lowest BCUT2D eigenvalue weighted by atomic mass is 10.1. The van der Waals surface area contributed by atoms with Crippen molar-refractivity contribution in [3.8, 4) is 0 Å². The van der Waals surface area contributed by atoms with Gasteiger partial charge in [0.1, 0.15) is 0 Å². The fraction of sp³-hybridized carbons (Fsp3) is 0.417. The molecule has 15 heavy (non-hydrogen) atoms. The Kier molecular flexibility index (Phi) is 1.83. The van der Waals surface area contributed by atoms with Gasteiger partial charge in [-0.25, -0.2) is 4.98 Å². The second kappa shape index (κ2) is 3.07. The molecule has 1 atom stereocenters. The van der Waals surface area contributed by atoms with E-state index < -0.39 is 0 Å². The largest absolute Gasteiger partial charge is 0.371 e. The quantitative estimate of drug-likeness (QED) is 0.698. The zero-order valence-electron chi connectivity index (χ0n) is 9.03. The Morgan fingerprint density at radius 2 is 2.13 bits per heavy atom. The molecule has 2 heterocycles. The van der Waals surface area contributed by atoms with E-state index in [-0.39, 0.29) is 0 Å². The van der Waals surface area contributed by atoms with Gasteiger partial charge in [-0.15, -0.1) is 0 Å². The van der Waals surface area contributed by atoms with E-state index in [2.05, 4.69) is 35.5 Å². The number of aryl methyl sites for hydroxylation is 2. The van der Waals surface area contributed by atoms with E-state index in [0.29, 0.717) is 6.10 Å². The van der Waals surface area contributed by atoms with Crippen LogP contribution in [0.5, 0.6) is 0 Å². The standard InChI is InChI=1S/C12H14N2O/c1-8-3-11-12(4-9(8)2)14(7-13-11)5-10-6-15-10/h3-4,7,10H,5-6H2,1-2H3. The van der Waals surface area contributed by atoms with Gasteiger partial charge >= 0.3 is 0 Å². The summed E-state index contributed by atoms with van der Waals surface area (Å²) in [5.74, 6) is 0. The third-order valence-corrected chi connectivity index (χ3v) is 3.04. The molecular weight excluding hydrogens is 188 g/mol. The molecule has 78 valence electrons. The molecule has 3 rings (SSSR count). The Morgan fingerprint density at radius 1 is 1.40 bits per heavy atom. The van der Waals surface area contributed by atoms with Crippen LogP contribution in [0.1, 0.15) is 11.1 Å². The Bertz CT molecular complexity index is 512. The normalized spacial score (nSPS) is 19.7. The summed E-state index contributed by atoms with van der Waals surface area (Å²) in [4.78, 5) is 4.41. The van der Waals surface area contributed by atoms with Crippen LogP contribution in [0.4, 0.5) is 0 Å². The molecule has 3 nitrogen and oxygen atoms in total. The minimum Gasteiger partial charge on any atom is -0.371 e. The first-order chi connectivity index (χ1) is 7.24. The maximum Gasteiger partial charge on any atom is 0.0988 e. The third kappa shape index (κ3) is 1.53. The molecule has 1 unspecified atom stereocenters. The summed E-state index contributed by atoms with van der Waals surface area (Å²) in [5, 5.41) is 0. The molecule has 0 spiro atoms. The van der Waals surface area contributed by atoms with Crippen LogP contribution in [0, 0.1) is 13.8 Å². The van der Waals surface area contributed by atoms with E-state index >= 15 is 0 Å². The molecule has 0 bridgehead atoms. The Morgan fingerprint density at radius 3 is 2.87 bits per heavy atom.